The Balaban J connectivity index is 0.00000264. The van der Waals surface area contributed by atoms with E-state index in [-0.39, 0.29) is 18.3 Å². The summed E-state index contributed by atoms with van der Waals surface area (Å²) in [7, 11) is 0. The van der Waals surface area contributed by atoms with E-state index >= 15 is 0 Å². The quantitative estimate of drug-likeness (QED) is 0.828. The molecule has 5 heteroatoms. The maximum Gasteiger partial charge on any atom is 0.217 e. The fraction of sp³-hybridized carbons (Fsp3) is 0.611. The van der Waals surface area contributed by atoms with Gasteiger partial charge >= 0.3 is 0 Å². The molecule has 1 aliphatic heterocycles. The molecule has 0 saturated carbocycles. The van der Waals surface area contributed by atoms with Crippen LogP contribution in [-0.2, 0) is 4.79 Å². The van der Waals surface area contributed by atoms with E-state index in [0.717, 1.165) is 44.6 Å². The highest BCUT2D eigenvalue weighted by Gasteiger charge is 2.23. The highest BCUT2D eigenvalue weighted by Crippen LogP contribution is 2.35. The van der Waals surface area contributed by atoms with Gasteiger partial charge in [0.15, 0.2) is 0 Å². The van der Waals surface area contributed by atoms with E-state index in [4.69, 9.17) is 10.5 Å². The molecule has 130 valence electrons. The van der Waals surface area contributed by atoms with Crippen molar-refractivity contribution in [1.29, 1.82) is 0 Å². The third-order valence-corrected chi connectivity index (χ3v) is 4.39. The van der Waals surface area contributed by atoms with Gasteiger partial charge in [0.25, 0.3) is 0 Å². The second kappa shape index (κ2) is 9.78. The topological polar surface area (TPSA) is 55.6 Å². The van der Waals surface area contributed by atoms with E-state index in [1.54, 1.807) is 0 Å². The molecule has 0 bridgehead atoms. The highest BCUT2D eigenvalue weighted by atomic mass is 35.5. The predicted molar refractivity (Wildman–Crippen MR) is 96.4 cm³/mol. The molecule has 0 atom stereocenters. The first-order valence-corrected chi connectivity index (χ1v) is 8.34. The van der Waals surface area contributed by atoms with Crippen LogP contribution < -0.4 is 10.5 Å². The lowest BCUT2D eigenvalue weighted by molar-refractivity contribution is -0.118. The van der Waals surface area contributed by atoms with Crippen molar-refractivity contribution in [2.75, 3.05) is 26.2 Å². The lowest BCUT2D eigenvalue weighted by atomic mass is 9.88. The number of primary amides is 1. The molecule has 2 rings (SSSR count). The van der Waals surface area contributed by atoms with Crippen molar-refractivity contribution in [2.45, 2.75) is 45.4 Å². The molecule has 23 heavy (non-hydrogen) atoms. The van der Waals surface area contributed by atoms with Gasteiger partial charge in [-0.1, -0.05) is 12.1 Å². The second-order valence-electron chi connectivity index (χ2n) is 6.16. The minimum absolute atomic E-state index is 0. The molecular formula is C18H29ClN2O2. The Bertz CT molecular complexity index is 500. The number of aryl methyl sites for hydroxylation is 1. The van der Waals surface area contributed by atoms with E-state index in [2.05, 4.69) is 30.0 Å². The summed E-state index contributed by atoms with van der Waals surface area (Å²) in [6, 6.07) is 6.56. The minimum Gasteiger partial charge on any atom is -0.494 e. The number of nitrogens with zero attached hydrogens (tertiary/aromatic N) is 1. The van der Waals surface area contributed by atoms with Gasteiger partial charge in [-0.05, 0) is 75.9 Å². The number of benzene rings is 1. The maximum absolute atomic E-state index is 10.8. The summed E-state index contributed by atoms with van der Waals surface area (Å²) < 4.78 is 5.82. The van der Waals surface area contributed by atoms with Gasteiger partial charge < -0.3 is 15.4 Å². The zero-order chi connectivity index (χ0) is 15.9. The monoisotopic (exact) mass is 340 g/mol. The van der Waals surface area contributed by atoms with Crippen molar-refractivity contribution < 1.29 is 9.53 Å². The number of nitrogens with two attached hydrogens (primary N) is 1. The lowest BCUT2D eigenvalue weighted by Crippen LogP contribution is -2.34. The zero-order valence-corrected chi connectivity index (χ0v) is 15.0. The summed E-state index contributed by atoms with van der Waals surface area (Å²) in [5, 5.41) is 0. The van der Waals surface area contributed by atoms with Crippen LogP contribution in [0.4, 0.5) is 0 Å². The third kappa shape index (κ3) is 6.04. The summed E-state index contributed by atoms with van der Waals surface area (Å²) in [5.41, 5.74) is 7.79. The van der Waals surface area contributed by atoms with E-state index < -0.39 is 0 Å². The average molecular weight is 341 g/mol. The van der Waals surface area contributed by atoms with Gasteiger partial charge in [0, 0.05) is 6.42 Å². The lowest BCUT2D eigenvalue weighted by Gasteiger charge is -2.32. The number of carbonyl (C=O) groups excluding carboxylic acids is 1. The smallest absolute Gasteiger partial charge is 0.217 e. The SMILES string of the molecule is CCOc1cc(C)ccc1C1CCN(CCCC(N)=O)CC1.Cl. The van der Waals surface area contributed by atoms with Gasteiger partial charge in [-0.3, -0.25) is 4.79 Å². The van der Waals surface area contributed by atoms with Crippen LogP contribution in [0, 0.1) is 6.92 Å². The maximum atomic E-state index is 10.8. The van der Waals surface area contributed by atoms with Gasteiger partial charge in [-0.25, -0.2) is 0 Å². The Kier molecular flexibility index (Phi) is 8.42. The Hall–Kier alpha value is -1.26. The summed E-state index contributed by atoms with van der Waals surface area (Å²) in [4.78, 5) is 13.2. The van der Waals surface area contributed by atoms with E-state index in [9.17, 15) is 4.79 Å². The molecule has 1 saturated heterocycles. The van der Waals surface area contributed by atoms with Crippen LogP contribution in [0.5, 0.6) is 5.75 Å². The van der Waals surface area contributed by atoms with Crippen molar-refractivity contribution in [1.82, 2.24) is 4.90 Å². The van der Waals surface area contributed by atoms with E-state index in [0.29, 0.717) is 18.9 Å². The molecule has 0 aliphatic carbocycles. The molecule has 1 aromatic carbocycles. The summed E-state index contributed by atoms with van der Waals surface area (Å²) in [6.45, 7) is 8.00. The Morgan fingerprint density at radius 1 is 1.35 bits per heavy atom. The molecular weight excluding hydrogens is 312 g/mol. The van der Waals surface area contributed by atoms with Gasteiger partial charge in [0.2, 0.25) is 5.91 Å². The number of hydrogen-bond acceptors (Lipinski definition) is 3. The number of rotatable bonds is 7. The summed E-state index contributed by atoms with van der Waals surface area (Å²) >= 11 is 0. The average Bonchev–Trinajstić information content (AvgIpc) is 2.48. The molecule has 0 aromatic heterocycles. The largest absolute Gasteiger partial charge is 0.494 e. The normalized spacial score (nSPS) is 15.9. The number of likely N-dealkylation sites (tertiary alicyclic amines) is 1. The Morgan fingerprint density at radius 3 is 2.65 bits per heavy atom. The fourth-order valence-electron chi connectivity index (χ4n) is 3.20. The van der Waals surface area contributed by atoms with Crippen LogP contribution in [-0.4, -0.2) is 37.0 Å². The van der Waals surface area contributed by atoms with Gasteiger partial charge in [-0.15, -0.1) is 12.4 Å². The molecule has 0 radical (unpaired) electrons. The number of amides is 1. The summed E-state index contributed by atoms with van der Waals surface area (Å²) in [6.07, 6.45) is 3.67. The van der Waals surface area contributed by atoms with Crippen molar-refractivity contribution in [3.8, 4) is 5.75 Å². The number of hydrogen-bond donors (Lipinski definition) is 1. The van der Waals surface area contributed by atoms with Gasteiger partial charge in [-0.2, -0.15) is 0 Å². The van der Waals surface area contributed by atoms with Crippen LogP contribution in [0.1, 0.15) is 49.7 Å². The predicted octanol–water partition coefficient (Wildman–Crippen LogP) is 3.26. The Morgan fingerprint density at radius 2 is 2.04 bits per heavy atom. The standard InChI is InChI=1S/C18H28N2O2.ClH/c1-3-22-17-13-14(2)6-7-16(17)15-8-11-20(12-9-15)10-4-5-18(19)21;/h6-7,13,15H,3-5,8-12H2,1-2H3,(H2,19,21);1H. The second-order valence-corrected chi connectivity index (χ2v) is 6.16. The van der Waals surface area contributed by atoms with Crippen molar-refractivity contribution in [3.63, 3.8) is 0 Å². The molecule has 0 unspecified atom stereocenters. The number of halogens is 1. The minimum atomic E-state index is -0.198. The van der Waals surface area contributed by atoms with Crippen LogP contribution in [0.15, 0.2) is 18.2 Å². The Labute approximate surface area is 145 Å². The molecule has 1 heterocycles. The molecule has 2 N–H and O–H groups in total. The van der Waals surface area contributed by atoms with Gasteiger partial charge in [0.05, 0.1) is 6.61 Å². The van der Waals surface area contributed by atoms with Crippen LogP contribution in [0.25, 0.3) is 0 Å². The van der Waals surface area contributed by atoms with Crippen LogP contribution in [0.2, 0.25) is 0 Å². The van der Waals surface area contributed by atoms with Crippen molar-refractivity contribution >= 4 is 18.3 Å². The van der Waals surface area contributed by atoms with Gasteiger partial charge in [0.1, 0.15) is 5.75 Å². The van der Waals surface area contributed by atoms with Crippen molar-refractivity contribution in [2.24, 2.45) is 5.73 Å². The first-order chi connectivity index (χ1) is 10.6. The first-order valence-electron chi connectivity index (χ1n) is 8.34. The zero-order valence-electron chi connectivity index (χ0n) is 14.2. The molecule has 1 aliphatic rings. The summed E-state index contributed by atoms with van der Waals surface area (Å²) in [5.74, 6) is 1.43. The third-order valence-electron chi connectivity index (χ3n) is 4.39. The first kappa shape index (κ1) is 19.8. The van der Waals surface area contributed by atoms with E-state index in [1.165, 1.54) is 11.1 Å². The number of ether oxygens (including phenoxy) is 1. The molecule has 4 nitrogen and oxygen atoms in total. The number of piperidine rings is 1. The molecule has 0 spiro atoms. The fourth-order valence-corrected chi connectivity index (χ4v) is 3.20. The van der Waals surface area contributed by atoms with Crippen molar-refractivity contribution in [3.05, 3.63) is 29.3 Å². The molecule has 1 fully saturated rings. The van der Waals surface area contributed by atoms with Crippen LogP contribution >= 0.6 is 12.4 Å². The van der Waals surface area contributed by atoms with Crippen LogP contribution in [0.3, 0.4) is 0 Å². The highest BCUT2D eigenvalue weighted by molar-refractivity contribution is 5.85. The molecule has 1 aromatic rings. The molecule has 1 amide bonds. The van der Waals surface area contributed by atoms with E-state index in [1.807, 2.05) is 6.92 Å². The number of carbonyl (C=O) groups is 1.